The molecule has 1 aliphatic rings. The number of nitrogens with zero attached hydrogens (tertiary/aromatic N) is 3. The molecule has 2 atom stereocenters. The third-order valence-corrected chi connectivity index (χ3v) is 3.84. The second-order valence-corrected chi connectivity index (χ2v) is 5.65. The zero-order chi connectivity index (χ0) is 15.4. The number of rotatable bonds is 5. The van der Waals surface area contributed by atoms with Crippen LogP contribution in [0.5, 0.6) is 0 Å². The van der Waals surface area contributed by atoms with Crippen molar-refractivity contribution in [2.45, 2.75) is 25.1 Å². The van der Waals surface area contributed by atoms with Gasteiger partial charge in [-0.15, -0.1) is 0 Å². The fourth-order valence-corrected chi connectivity index (χ4v) is 2.54. The molecule has 0 spiro atoms. The number of carbonyl (C=O) groups is 1. The first-order valence-electron chi connectivity index (χ1n) is 7.15. The number of hydrogen-bond acceptors (Lipinski definition) is 5. The third-order valence-electron chi connectivity index (χ3n) is 3.84. The van der Waals surface area contributed by atoms with E-state index in [0.29, 0.717) is 6.54 Å². The predicted molar refractivity (Wildman–Crippen MR) is 82.2 cm³/mol. The molecule has 1 aliphatic heterocycles. The van der Waals surface area contributed by atoms with Crippen LogP contribution < -0.4 is 10.2 Å². The summed E-state index contributed by atoms with van der Waals surface area (Å²) in [5, 5.41) is 2.96. The van der Waals surface area contributed by atoms with Crippen LogP contribution in [0, 0.1) is 0 Å². The van der Waals surface area contributed by atoms with Crippen molar-refractivity contribution < 1.29 is 9.53 Å². The first kappa shape index (κ1) is 15.7. The molecule has 1 N–H and O–H groups in total. The van der Waals surface area contributed by atoms with Crippen molar-refractivity contribution in [1.82, 2.24) is 15.2 Å². The normalized spacial score (nSPS) is 22.3. The molecule has 21 heavy (non-hydrogen) atoms. The summed E-state index contributed by atoms with van der Waals surface area (Å²) in [6, 6.07) is 5.70. The molecule has 0 saturated carbocycles. The molecule has 1 saturated heterocycles. The van der Waals surface area contributed by atoms with E-state index in [1.54, 1.807) is 7.11 Å². The summed E-state index contributed by atoms with van der Waals surface area (Å²) in [4.78, 5) is 20.7. The van der Waals surface area contributed by atoms with Crippen LogP contribution in [-0.2, 0) is 16.1 Å². The Morgan fingerprint density at radius 2 is 2.29 bits per heavy atom. The number of likely N-dealkylation sites (N-methyl/N-ethyl adjacent to an activating group) is 1. The predicted octanol–water partition coefficient (Wildman–Crippen LogP) is 0.483. The highest BCUT2D eigenvalue weighted by Gasteiger charge is 2.34. The zero-order valence-electron chi connectivity index (χ0n) is 13.2. The van der Waals surface area contributed by atoms with E-state index in [4.69, 9.17) is 4.74 Å². The van der Waals surface area contributed by atoms with Gasteiger partial charge >= 0.3 is 0 Å². The Morgan fingerprint density at radius 3 is 2.90 bits per heavy atom. The minimum Gasteiger partial charge on any atom is -0.380 e. The monoisotopic (exact) mass is 292 g/mol. The van der Waals surface area contributed by atoms with Crippen LogP contribution >= 0.6 is 0 Å². The van der Waals surface area contributed by atoms with Crippen molar-refractivity contribution in [3.63, 3.8) is 0 Å². The minimum atomic E-state index is -0.119. The van der Waals surface area contributed by atoms with Crippen LogP contribution in [0.2, 0.25) is 0 Å². The summed E-state index contributed by atoms with van der Waals surface area (Å²) in [5.41, 5.74) is 0.860. The SMILES string of the molecule is CO[C@H]1C[C@@H](C(=O)NCc2cccc(N(C)C)n2)N(C)C1. The number of methoxy groups -OCH3 is 1. The van der Waals surface area contributed by atoms with Gasteiger partial charge in [0, 0.05) is 27.7 Å². The van der Waals surface area contributed by atoms with Crippen molar-refractivity contribution >= 4 is 11.7 Å². The fraction of sp³-hybridized carbons (Fsp3) is 0.600. The molecule has 6 heteroatoms. The summed E-state index contributed by atoms with van der Waals surface area (Å²) in [5.74, 6) is 0.924. The van der Waals surface area contributed by atoms with Crippen LogP contribution in [0.15, 0.2) is 18.2 Å². The highest BCUT2D eigenvalue weighted by molar-refractivity contribution is 5.82. The van der Waals surface area contributed by atoms with Crippen molar-refractivity contribution in [2.75, 3.05) is 39.7 Å². The number of anilines is 1. The molecule has 0 bridgehead atoms. The number of nitrogens with one attached hydrogen (secondary N) is 1. The largest absolute Gasteiger partial charge is 0.380 e. The van der Waals surface area contributed by atoms with Crippen molar-refractivity contribution in [3.05, 3.63) is 23.9 Å². The summed E-state index contributed by atoms with van der Waals surface area (Å²) in [7, 11) is 7.54. The van der Waals surface area contributed by atoms with Gasteiger partial charge < -0.3 is 15.0 Å². The molecule has 1 fully saturated rings. The summed E-state index contributed by atoms with van der Waals surface area (Å²) in [6.45, 7) is 1.24. The van der Waals surface area contributed by atoms with Crippen molar-refractivity contribution in [3.8, 4) is 0 Å². The molecule has 1 amide bonds. The maximum Gasteiger partial charge on any atom is 0.237 e. The summed E-state index contributed by atoms with van der Waals surface area (Å²) < 4.78 is 5.33. The Kier molecular flexibility index (Phi) is 5.14. The lowest BCUT2D eigenvalue weighted by Gasteiger charge is -2.18. The lowest BCUT2D eigenvalue weighted by molar-refractivity contribution is -0.125. The van der Waals surface area contributed by atoms with E-state index in [1.807, 2.05) is 49.1 Å². The van der Waals surface area contributed by atoms with Crippen LogP contribution in [-0.4, -0.2) is 62.7 Å². The van der Waals surface area contributed by atoms with Crippen LogP contribution in [0.25, 0.3) is 0 Å². The Labute approximate surface area is 126 Å². The summed E-state index contributed by atoms with van der Waals surface area (Å²) in [6.07, 6.45) is 0.880. The molecule has 1 aromatic heterocycles. The van der Waals surface area contributed by atoms with Gasteiger partial charge in [0.15, 0.2) is 0 Å². The van der Waals surface area contributed by atoms with Crippen LogP contribution in [0.1, 0.15) is 12.1 Å². The number of carbonyl (C=O) groups excluding carboxylic acids is 1. The van der Waals surface area contributed by atoms with E-state index in [-0.39, 0.29) is 18.1 Å². The van der Waals surface area contributed by atoms with Gasteiger partial charge in [0.25, 0.3) is 0 Å². The maximum absolute atomic E-state index is 12.3. The van der Waals surface area contributed by atoms with E-state index >= 15 is 0 Å². The molecule has 0 radical (unpaired) electrons. The molecule has 1 aromatic rings. The average molecular weight is 292 g/mol. The topological polar surface area (TPSA) is 57.7 Å². The Bertz CT molecular complexity index is 492. The first-order chi connectivity index (χ1) is 10.0. The zero-order valence-corrected chi connectivity index (χ0v) is 13.2. The second kappa shape index (κ2) is 6.87. The van der Waals surface area contributed by atoms with E-state index < -0.39 is 0 Å². The van der Waals surface area contributed by atoms with E-state index in [1.165, 1.54) is 0 Å². The van der Waals surface area contributed by atoms with Gasteiger partial charge in [-0.25, -0.2) is 4.98 Å². The molecular formula is C15H24N4O2. The lowest BCUT2D eigenvalue weighted by atomic mass is 10.2. The maximum atomic E-state index is 12.3. The van der Waals surface area contributed by atoms with Gasteiger partial charge in [-0.1, -0.05) is 6.07 Å². The molecular weight excluding hydrogens is 268 g/mol. The highest BCUT2D eigenvalue weighted by atomic mass is 16.5. The number of amides is 1. The molecule has 2 rings (SSSR count). The number of pyridine rings is 1. The smallest absolute Gasteiger partial charge is 0.237 e. The highest BCUT2D eigenvalue weighted by Crippen LogP contribution is 2.18. The Balaban J connectivity index is 1.91. The molecule has 2 heterocycles. The fourth-order valence-electron chi connectivity index (χ4n) is 2.54. The minimum absolute atomic E-state index is 0.0362. The number of aromatic nitrogens is 1. The van der Waals surface area contributed by atoms with Gasteiger partial charge in [-0.2, -0.15) is 0 Å². The summed E-state index contributed by atoms with van der Waals surface area (Å²) >= 11 is 0. The molecule has 116 valence electrons. The number of ether oxygens (including phenoxy) is 1. The van der Waals surface area contributed by atoms with Crippen molar-refractivity contribution in [2.24, 2.45) is 0 Å². The Hall–Kier alpha value is -1.66. The van der Waals surface area contributed by atoms with Gasteiger partial charge in [-0.3, -0.25) is 9.69 Å². The van der Waals surface area contributed by atoms with Crippen molar-refractivity contribution in [1.29, 1.82) is 0 Å². The lowest BCUT2D eigenvalue weighted by Crippen LogP contribution is -2.41. The van der Waals surface area contributed by atoms with Gasteiger partial charge in [-0.05, 0) is 25.6 Å². The molecule has 0 aromatic carbocycles. The van der Waals surface area contributed by atoms with Crippen LogP contribution in [0.3, 0.4) is 0 Å². The average Bonchev–Trinajstić information content (AvgIpc) is 2.86. The quantitative estimate of drug-likeness (QED) is 0.855. The molecule has 0 unspecified atom stereocenters. The third kappa shape index (κ3) is 3.92. The van der Waals surface area contributed by atoms with E-state index in [9.17, 15) is 4.79 Å². The standard InChI is InChI=1S/C15H24N4O2/c1-18(2)14-7-5-6-11(17-14)9-16-15(20)13-8-12(21-4)10-19(13)3/h5-7,12-13H,8-10H2,1-4H3,(H,16,20)/t12-,13-/m0/s1. The first-order valence-corrected chi connectivity index (χ1v) is 7.15. The van der Waals surface area contributed by atoms with Gasteiger partial charge in [0.05, 0.1) is 24.4 Å². The second-order valence-electron chi connectivity index (χ2n) is 5.65. The Morgan fingerprint density at radius 1 is 1.52 bits per heavy atom. The molecule has 0 aliphatic carbocycles. The number of hydrogen-bond donors (Lipinski definition) is 1. The number of likely N-dealkylation sites (tertiary alicyclic amines) is 1. The van der Waals surface area contributed by atoms with E-state index in [2.05, 4.69) is 10.3 Å². The van der Waals surface area contributed by atoms with Crippen LogP contribution in [0.4, 0.5) is 5.82 Å². The van der Waals surface area contributed by atoms with Gasteiger partial charge in [0.2, 0.25) is 5.91 Å². The molecule has 6 nitrogen and oxygen atoms in total. The van der Waals surface area contributed by atoms with E-state index in [0.717, 1.165) is 24.5 Å². The van der Waals surface area contributed by atoms with Gasteiger partial charge in [0.1, 0.15) is 5.82 Å².